The molecule has 92 valence electrons. The number of aliphatic hydroxyl groups is 3. The summed E-state index contributed by atoms with van der Waals surface area (Å²) in [7, 11) is 0. The number of aryl methyl sites for hydroxylation is 1. The van der Waals surface area contributed by atoms with E-state index in [0.29, 0.717) is 6.54 Å². The van der Waals surface area contributed by atoms with Crippen LogP contribution in [0.1, 0.15) is 16.8 Å². The second-order valence-electron chi connectivity index (χ2n) is 3.68. The minimum absolute atomic E-state index is 0.306. The third kappa shape index (κ3) is 3.23. The lowest BCUT2D eigenvalue weighted by atomic mass is 10.0. The summed E-state index contributed by atoms with van der Waals surface area (Å²) in [6.07, 6.45) is 2.67. The molecule has 0 bridgehead atoms. The molecule has 5 nitrogen and oxygen atoms in total. The fourth-order valence-corrected chi connectivity index (χ4v) is 1.99. The fourth-order valence-electron chi connectivity index (χ4n) is 1.19. The van der Waals surface area contributed by atoms with Crippen molar-refractivity contribution in [1.82, 2.24) is 10.3 Å². The molecule has 0 atom stereocenters. The molecular formula is C10H18N2O3S. The van der Waals surface area contributed by atoms with Crippen molar-refractivity contribution in [3.63, 3.8) is 0 Å². The summed E-state index contributed by atoms with van der Waals surface area (Å²) in [4.78, 5) is 5.23. The van der Waals surface area contributed by atoms with Gasteiger partial charge in [-0.3, -0.25) is 0 Å². The number of nitrogens with zero attached hydrogens (tertiary/aromatic N) is 1. The molecule has 0 fully saturated rings. The predicted octanol–water partition coefficient (Wildman–Crippen LogP) is -0.489. The Balaban J connectivity index is 2.55. The number of thiazole rings is 1. The second-order valence-corrected chi connectivity index (χ2v) is 4.88. The fraction of sp³-hybridized carbons (Fsp3) is 0.700. The van der Waals surface area contributed by atoms with Crippen LogP contribution in [-0.2, 0) is 13.0 Å². The summed E-state index contributed by atoms with van der Waals surface area (Å²) in [5, 5.41) is 31.3. The van der Waals surface area contributed by atoms with Crippen molar-refractivity contribution in [3.8, 4) is 0 Å². The highest BCUT2D eigenvalue weighted by Gasteiger charge is 2.27. The largest absolute Gasteiger partial charge is 0.394 e. The summed E-state index contributed by atoms with van der Waals surface area (Å²) in [6, 6.07) is 0. The van der Waals surface area contributed by atoms with Crippen molar-refractivity contribution in [2.75, 3.05) is 19.8 Å². The van der Waals surface area contributed by atoms with E-state index in [4.69, 9.17) is 15.3 Å². The van der Waals surface area contributed by atoms with E-state index in [1.807, 2.05) is 6.92 Å². The molecular weight excluding hydrogens is 228 g/mol. The van der Waals surface area contributed by atoms with Crippen LogP contribution in [0.5, 0.6) is 0 Å². The van der Waals surface area contributed by atoms with Gasteiger partial charge in [0.1, 0.15) is 0 Å². The van der Waals surface area contributed by atoms with Crippen molar-refractivity contribution < 1.29 is 15.3 Å². The lowest BCUT2D eigenvalue weighted by molar-refractivity contribution is 0.0415. The Morgan fingerprint density at radius 1 is 1.31 bits per heavy atom. The molecule has 0 aliphatic carbocycles. The topological polar surface area (TPSA) is 85.6 Å². The van der Waals surface area contributed by atoms with Crippen LogP contribution in [0, 0.1) is 0 Å². The maximum atomic E-state index is 9.11. The Hall–Kier alpha value is -0.530. The van der Waals surface area contributed by atoms with Gasteiger partial charge >= 0.3 is 0 Å². The van der Waals surface area contributed by atoms with E-state index in [0.717, 1.165) is 16.3 Å². The summed E-state index contributed by atoms with van der Waals surface area (Å²) in [5.74, 6) is 0. The van der Waals surface area contributed by atoms with Gasteiger partial charge in [-0.25, -0.2) is 4.98 Å². The van der Waals surface area contributed by atoms with E-state index >= 15 is 0 Å². The zero-order valence-corrected chi connectivity index (χ0v) is 10.1. The minimum atomic E-state index is -1.02. The Kier molecular flexibility index (Phi) is 5.30. The van der Waals surface area contributed by atoms with Crippen molar-refractivity contribution in [2.24, 2.45) is 0 Å². The third-order valence-electron chi connectivity index (χ3n) is 2.45. The maximum absolute atomic E-state index is 9.11. The van der Waals surface area contributed by atoms with E-state index in [2.05, 4.69) is 10.3 Å². The monoisotopic (exact) mass is 246 g/mol. The molecule has 0 aliphatic rings. The second kappa shape index (κ2) is 6.27. The molecule has 0 saturated heterocycles. The molecule has 6 heteroatoms. The van der Waals surface area contributed by atoms with Gasteiger partial charge in [-0.05, 0) is 6.42 Å². The van der Waals surface area contributed by atoms with Crippen molar-refractivity contribution in [1.29, 1.82) is 0 Å². The highest BCUT2D eigenvalue weighted by molar-refractivity contribution is 7.11. The highest BCUT2D eigenvalue weighted by atomic mass is 32.1. The quantitative estimate of drug-likeness (QED) is 0.522. The minimum Gasteiger partial charge on any atom is -0.394 e. The van der Waals surface area contributed by atoms with Gasteiger partial charge in [0.2, 0.25) is 0 Å². The number of aliphatic hydroxyl groups excluding tert-OH is 3. The zero-order chi connectivity index (χ0) is 12.0. The van der Waals surface area contributed by atoms with Crippen LogP contribution < -0.4 is 5.32 Å². The van der Waals surface area contributed by atoms with Gasteiger partial charge in [0, 0.05) is 17.6 Å². The first-order valence-electron chi connectivity index (χ1n) is 5.21. The van der Waals surface area contributed by atoms with E-state index in [9.17, 15) is 0 Å². The van der Waals surface area contributed by atoms with E-state index in [1.165, 1.54) is 0 Å². The highest BCUT2D eigenvalue weighted by Crippen LogP contribution is 2.14. The summed E-state index contributed by atoms with van der Waals surface area (Å²) in [5.41, 5.74) is -1.02. The maximum Gasteiger partial charge on any atom is 0.0925 e. The standard InChI is InChI=1S/C10H18N2O3S/c1-2-9-11-3-8(16-9)4-12-10(5-13,6-14)7-15/h3,12-15H,2,4-7H2,1H3. The Morgan fingerprint density at radius 3 is 2.38 bits per heavy atom. The number of nitrogens with one attached hydrogen (secondary N) is 1. The number of hydrogen-bond acceptors (Lipinski definition) is 6. The van der Waals surface area contributed by atoms with Gasteiger partial charge < -0.3 is 20.6 Å². The van der Waals surface area contributed by atoms with Crippen molar-refractivity contribution in [3.05, 3.63) is 16.1 Å². The third-order valence-corrected chi connectivity index (χ3v) is 3.59. The summed E-state index contributed by atoms with van der Waals surface area (Å²) < 4.78 is 0. The van der Waals surface area contributed by atoms with Crippen LogP contribution >= 0.6 is 11.3 Å². The Labute approximate surface area is 98.8 Å². The van der Waals surface area contributed by atoms with Gasteiger partial charge in [0.25, 0.3) is 0 Å². The number of aromatic nitrogens is 1. The molecule has 0 unspecified atom stereocenters. The zero-order valence-electron chi connectivity index (χ0n) is 9.31. The first-order chi connectivity index (χ1) is 7.69. The average Bonchev–Trinajstić information content (AvgIpc) is 2.80. The SMILES string of the molecule is CCc1ncc(CNC(CO)(CO)CO)s1. The lowest BCUT2D eigenvalue weighted by Gasteiger charge is -2.28. The summed E-state index contributed by atoms with van der Waals surface area (Å²) in [6.45, 7) is 1.60. The van der Waals surface area contributed by atoms with E-state index in [1.54, 1.807) is 17.5 Å². The predicted molar refractivity (Wildman–Crippen MR) is 62.3 cm³/mol. The van der Waals surface area contributed by atoms with Crippen LogP contribution in [0.25, 0.3) is 0 Å². The van der Waals surface area contributed by atoms with Gasteiger partial charge in [-0.1, -0.05) is 6.92 Å². The normalized spacial score (nSPS) is 12.0. The van der Waals surface area contributed by atoms with Crippen LogP contribution in [0.2, 0.25) is 0 Å². The van der Waals surface area contributed by atoms with Gasteiger partial charge in [-0.15, -0.1) is 11.3 Å². The number of rotatable bonds is 7. The molecule has 16 heavy (non-hydrogen) atoms. The molecule has 1 aromatic rings. The molecule has 0 saturated carbocycles. The van der Waals surface area contributed by atoms with Crippen LogP contribution in [-0.4, -0.2) is 45.7 Å². The average molecular weight is 246 g/mol. The molecule has 1 heterocycles. The van der Waals surface area contributed by atoms with Crippen LogP contribution in [0.3, 0.4) is 0 Å². The molecule has 1 aromatic heterocycles. The van der Waals surface area contributed by atoms with Crippen LogP contribution in [0.15, 0.2) is 6.20 Å². The molecule has 0 radical (unpaired) electrons. The van der Waals surface area contributed by atoms with Crippen molar-refractivity contribution in [2.45, 2.75) is 25.4 Å². The summed E-state index contributed by atoms with van der Waals surface area (Å²) >= 11 is 1.59. The van der Waals surface area contributed by atoms with Crippen LogP contribution in [0.4, 0.5) is 0 Å². The number of hydrogen-bond donors (Lipinski definition) is 4. The van der Waals surface area contributed by atoms with E-state index in [-0.39, 0.29) is 19.8 Å². The molecule has 0 aliphatic heterocycles. The molecule has 4 N–H and O–H groups in total. The van der Waals surface area contributed by atoms with Gasteiger partial charge in [0.15, 0.2) is 0 Å². The van der Waals surface area contributed by atoms with E-state index < -0.39 is 5.54 Å². The first-order valence-corrected chi connectivity index (χ1v) is 6.02. The molecule has 1 rings (SSSR count). The van der Waals surface area contributed by atoms with Crippen molar-refractivity contribution >= 4 is 11.3 Å². The molecule has 0 amide bonds. The smallest absolute Gasteiger partial charge is 0.0925 e. The first kappa shape index (κ1) is 13.5. The van der Waals surface area contributed by atoms with Gasteiger partial charge in [-0.2, -0.15) is 0 Å². The van der Waals surface area contributed by atoms with Gasteiger partial charge in [0.05, 0.1) is 30.4 Å². The Morgan fingerprint density at radius 2 is 1.94 bits per heavy atom. The Bertz CT molecular complexity index is 305. The lowest BCUT2D eigenvalue weighted by Crippen LogP contribution is -2.54. The molecule has 0 aromatic carbocycles. The molecule has 0 spiro atoms.